The highest BCUT2D eigenvalue weighted by atomic mass is 16.1. The Morgan fingerprint density at radius 3 is 2.62 bits per heavy atom. The Hall–Kier alpha value is -1.09. The van der Waals surface area contributed by atoms with Crippen LogP contribution in [0.1, 0.15) is 31.9 Å². The SMILES string of the molecule is CC(C)n1cc(CCN2CCC2)ccc1=O. The molecule has 0 aromatic carbocycles. The highest BCUT2D eigenvalue weighted by Gasteiger charge is 2.13. The van der Waals surface area contributed by atoms with Gasteiger partial charge >= 0.3 is 0 Å². The molecular weight excluding hydrogens is 200 g/mol. The molecular formula is C13H20N2O. The summed E-state index contributed by atoms with van der Waals surface area (Å²) < 4.78 is 1.81. The molecule has 0 spiro atoms. The van der Waals surface area contributed by atoms with E-state index in [1.807, 2.05) is 30.7 Å². The highest BCUT2D eigenvalue weighted by molar-refractivity contribution is 5.11. The van der Waals surface area contributed by atoms with Crippen molar-refractivity contribution in [3.8, 4) is 0 Å². The Morgan fingerprint density at radius 2 is 2.06 bits per heavy atom. The Kier molecular flexibility index (Phi) is 3.44. The number of likely N-dealkylation sites (tertiary alicyclic amines) is 1. The van der Waals surface area contributed by atoms with Crippen LogP contribution >= 0.6 is 0 Å². The van der Waals surface area contributed by atoms with Crippen LogP contribution < -0.4 is 5.56 Å². The van der Waals surface area contributed by atoms with Crippen molar-refractivity contribution in [1.82, 2.24) is 9.47 Å². The van der Waals surface area contributed by atoms with Crippen LogP contribution in [0.25, 0.3) is 0 Å². The first-order chi connectivity index (χ1) is 7.66. The van der Waals surface area contributed by atoms with Gasteiger partial charge in [-0.15, -0.1) is 0 Å². The van der Waals surface area contributed by atoms with Crippen molar-refractivity contribution in [2.45, 2.75) is 32.7 Å². The molecule has 1 aromatic rings. The highest BCUT2D eigenvalue weighted by Crippen LogP contribution is 2.08. The van der Waals surface area contributed by atoms with E-state index in [4.69, 9.17) is 0 Å². The van der Waals surface area contributed by atoms with Crippen molar-refractivity contribution in [1.29, 1.82) is 0 Å². The molecule has 0 radical (unpaired) electrons. The average molecular weight is 220 g/mol. The zero-order valence-electron chi connectivity index (χ0n) is 10.1. The van der Waals surface area contributed by atoms with E-state index in [-0.39, 0.29) is 11.6 Å². The van der Waals surface area contributed by atoms with Gasteiger partial charge in [0.1, 0.15) is 0 Å². The fourth-order valence-electron chi connectivity index (χ4n) is 1.99. The summed E-state index contributed by atoms with van der Waals surface area (Å²) >= 11 is 0. The van der Waals surface area contributed by atoms with Gasteiger partial charge in [-0.1, -0.05) is 6.07 Å². The summed E-state index contributed by atoms with van der Waals surface area (Å²) in [6.45, 7) is 7.69. The molecule has 88 valence electrons. The predicted octanol–water partition coefficient (Wildman–Crippen LogP) is 1.68. The Balaban J connectivity index is 2.03. The second kappa shape index (κ2) is 4.83. The van der Waals surface area contributed by atoms with Crippen molar-refractivity contribution in [3.63, 3.8) is 0 Å². The van der Waals surface area contributed by atoms with E-state index in [0.717, 1.165) is 13.0 Å². The van der Waals surface area contributed by atoms with Crippen LogP contribution in [0.5, 0.6) is 0 Å². The molecule has 1 aromatic heterocycles. The summed E-state index contributed by atoms with van der Waals surface area (Å²) in [7, 11) is 0. The Morgan fingerprint density at radius 1 is 1.31 bits per heavy atom. The first kappa shape index (κ1) is 11.4. The lowest BCUT2D eigenvalue weighted by Crippen LogP contribution is -2.38. The number of hydrogen-bond acceptors (Lipinski definition) is 2. The van der Waals surface area contributed by atoms with Gasteiger partial charge in [0, 0.05) is 24.8 Å². The second-order valence-corrected chi connectivity index (χ2v) is 4.82. The molecule has 0 aliphatic carbocycles. The third-order valence-corrected chi connectivity index (χ3v) is 3.22. The molecule has 2 rings (SSSR count). The van der Waals surface area contributed by atoms with E-state index in [1.54, 1.807) is 6.07 Å². The van der Waals surface area contributed by atoms with E-state index in [2.05, 4.69) is 4.90 Å². The summed E-state index contributed by atoms with van der Waals surface area (Å²) in [4.78, 5) is 14.0. The molecule has 3 nitrogen and oxygen atoms in total. The lowest BCUT2D eigenvalue weighted by molar-refractivity contribution is 0.184. The summed E-state index contributed by atoms with van der Waals surface area (Å²) in [5, 5.41) is 0. The number of nitrogens with zero attached hydrogens (tertiary/aromatic N) is 2. The van der Waals surface area contributed by atoms with Gasteiger partial charge in [0.25, 0.3) is 5.56 Å². The van der Waals surface area contributed by atoms with Gasteiger partial charge in [0.2, 0.25) is 0 Å². The average Bonchev–Trinajstić information content (AvgIpc) is 2.17. The van der Waals surface area contributed by atoms with E-state index in [1.165, 1.54) is 25.1 Å². The first-order valence-electron chi connectivity index (χ1n) is 6.10. The fraction of sp³-hybridized carbons (Fsp3) is 0.615. The molecule has 1 saturated heterocycles. The molecule has 1 aliphatic rings. The second-order valence-electron chi connectivity index (χ2n) is 4.82. The maximum atomic E-state index is 11.6. The Labute approximate surface area is 96.7 Å². The summed E-state index contributed by atoms with van der Waals surface area (Å²) in [5.41, 5.74) is 1.36. The molecule has 0 unspecified atom stereocenters. The molecule has 0 bridgehead atoms. The summed E-state index contributed by atoms with van der Waals surface area (Å²) in [6, 6.07) is 3.89. The lowest BCUT2D eigenvalue weighted by Gasteiger charge is -2.30. The minimum Gasteiger partial charge on any atom is -0.313 e. The van der Waals surface area contributed by atoms with Gasteiger partial charge in [0.15, 0.2) is 0 Å². The summed E-state index contributed by atoms with van der Waals surface area (Å²) in [5.74, 6) is 0. The third-order valence-electron chi connectivity index (χ3n) is 3.22. The molecule has 0 N–H and O–H groups in total. The summed E-state index contributed by atoms with van der Waals surface area (Å²) in [6.07, 6.45) is 4.39. The van der Waals surface area contributed by atoms with E-state index in [9.17, 15) is 4.79 Å². The molecule has 0 amide bonds. The molecule has 1 aliphatic heterocycles. The van der Waals surface area contributed by atoms with Gasteiger partial charge in [-0.2, -0.15) is 0 Å². The van der Waals surface area contributed by atoms with Gasteiger partial charge in [-0.25, -0.2) is 0 Å². The van der Waals surface area contributed by atoms with Crippen molar-refractivity contribution in [2.24, 2.45) is 0 Å². The molecule has 0 saturated carbocycles. The minimum absolute atomic E-state index is 0.0997. The van der Waals surface area contributed by atoms with Crippen LogP contribution in [-0.2, 0) is 6.42 Å². The van der Waals surface area contributed by atoms with E-state index < -0.39 is 0 Å². The Bertz CT molecular complexity index is 405. The first-order valence-corrected chi connectivity index (χ1v) is 6.10. The monoisotopic (exact) mass is 220 g/mol. The van der Waals surface area contributed by atoms with Gasteiger partial charge in [-0.3, -0.25) is 4.79 Å². The van der Waals surface area contributed by atoms with Crippen molar-refractivity contribution >= 4 is 0 Å². The zero-order valence-corrected chi connectivity index (χ0v) is 10.1. The van der Waals surface area contributed by atoms with Crippen LogP contribution in [0.2, 0.25) is 0 Å². The van der Waals surface area contributed by atoms with E-state index in [0.29, 0.717) is 0 Å². The number of rotatable bonds is 4. The van der Waals surface area contributed by atoms with Gasteiger partial charge in [-0.05, 0) is 45.3 Å². The van der Waals surface area contributed by atoms with Crippen LogP contribution in [0, 0.1) is 0 Å². The van der Waals surface area contributed by atoms with Gasteiger partial charge < -0.3 is 9.47 Å². The zero-order chi connectivity index (χ0) is 11.5. The fourth-order valence-corrected chi connectivity index (χ4v) is 1.99. The van der Waals surface area contributed by atoms with Crippen molar-refractivity contribution in [3.05, 3.63) is 34.2 Å². The molecule has 16 heavy (non-hydrogen) atoms. The standard InChI is InChI=1S/C13H20N2O/c1-11(2)15-10-12(4-5-13(15)16)6-9-14-7-3-8-14/h4-5,10-11H,3,6-9H2,1-2H3. The maximum Gasteiger partial charge on any atom is 0.250 e. The topological polar surface area (TPSA) is 25.2 Å². The minimum atomic E-state index is 0.0997. The van der Waals surface area contributed by atoms with Crippen molar-refractivity contribution in [2.75, 3.05) is 19.6 Å². The number of pyridine rings is 1. The number of hydrogen-bond donors (Lipinski definition) is 0. The van der Waals surface area contributed by atoms with Crippen LogP contribution in [0.3, 0.4) is 0 Å². The maximum absolute atomic E-state index is 11.6. The molecule has 2 heterocycles. The van der Waals surface area contributed by atoms with Crippen molar-refractivity contribution < 1.29 is 0 Å². The number of aromatic nitrogens is 1. The smallest absolute Gasteiger partial charge is 0.250 e. The third kappa shape index (κ3) is 2.53. The van der Waals surface area contributed by atoms with Gasteiger partial charge in [0.05, 0.1) is 0 Å². The quantitative estimate of drug-likeness (QED) is 0.771. The normalized spacial score (nSPS) is 16.4. The lowest BCUT2D eigenvalue weighted by atomic mass is 10.1. The van der Waals surface area contributed by atoms with Crippen LogP contribution in [0.4, 0.5) is 0 Å². The predicted molar refractivity (Wildman–Crippen MR) is 65.8 cm³/mol. The van der Waals surface area contributed by atoms with Crippen LogP contribution in [0.15, 0.2) is 23.1 Å². The van der Waals surface area contributed by atoms with Crippen LogP contribution in [-0.4, -0.2) is 29.1 Å². The molecule has 1 fully saturated rings. The van der Waals surface area contributed by atoms with E-state index >= 15 is 0 Å². The molecule has 3 heteroatoms. The molecule has 0 atom stereocenters. The largest absolute Gasteiger partial charge is 0.313 e.